The van der Waals surface area contributed by atoms with Crippen LogP contribution < -0.4 is 0 Å². The van der Waals surface area contributed by atoms with E-state index in [-0.39, 0.29) is 18.7 Å². The van der Waals surface area contributed by atoms with Crippen molar-refractivity contribution in [2.75, 3.05) is 13.7 Å². The number of esters is 2. The predicted molar refractivity (Wildman–Crippen MR) is 81.8 cm³/mol. The molecule has 3 atom stereocenters. The first-order chi connectivity index (χ1) is 11.1. The molecule has 124 valence electrons. The molecule has 1 N–H and O–H groups in total. The molecule has 0 aliphatic carbocycles. The Labute approximate surface area is 134 Å². The standard InChI is InChI=1S/C17H20O6/c1-21-17(20)15-14(18)11-13(23-15)9-5-6-10-22-16(19)12-7-3-2-4-8-12/h2-5,7-9,13-15,18H,6,10-11H2,1H3/b9-5+/t13-,14+,15+/m1/s1. The van der Waals surface area contributed by atoms with Crippen LogP contribution in [-0.2, 0) is 19.0 Å². The van der Waals surface area contributed by atoms with Crippen LogP contribution in [0.2, 0.25) is 0 Å². The third-order valence-electron chi connectivity index (χ3n) is 3.46. The normalized spacial score (nSPS) is 23.8. The van der Waals surface area contributed by atoms with E-state index < -0.39 is 18.2 Å². The van der Waals surface area contributed by atoms with Gasteiger partial charge in [-0.25, -0.2) is 9.59 Å². The Bertz CT molecular complexity index is 553. The Morgan fingerprint density at radius 3 is 2.78 bits per heavy atom. The Kier molecular flexibility index (Phi) is 6.31. The molecule has 6 heteroatoms. The topological polar surface area (TPSA) is 82.1 Å². The van der Waals surface area contributed by atoms with E-state index in [0.717, 1.165) is 0 Å². The maximum Gasteiger partial charge on any atom is 0.338 e. The van der Waals surface area contributed by atoms with Crippen molar-refractivity contribution < 1.29 is 28.9 Å². The summed E-state index contributed by atoms with van der Waals surface area (Å²) in [4.78, 5) is 23.1. The van der Waals surface area contributed by atoms with Crippen LogP contribution in [-0.4, -0.2) is 49.1 Å². The lowest BCUT2D eigenvalue weighted by molar-refractivity contribution is -0.156. The van der Waals surface area contributed by atoms with Crippen LogP contribution >= 0.6 is 0 Å². The third kappa shape index (κ3) is 4.91. The zero-order valence-electron chi connectivity index (χ0n) is 12.9. The molecule has 6 nitrogen and oxygen atoms in total. The molecule has 2 rings (SSSR count). The summed E-state index contributed by atoms with van der Waals surface area (Å²) in [5, 5.41) is 9.73. The maximum absolute atomic E-state index is 11.7. The van der Waals surface area contributed by atoms with Crippen molar-refractivity contribution in [3.05, 3.63) is 48.0 Å². The minimum Gasteiger partial charge on any atom is -0.467 e. The summed E-state index contributed by atoms with van der Waals surface area (Å²) in [7, 11) is 1.25. The summed E-state index contributed by atoms with van der Waals surface area (Å²) in [6.07, 6.45) is 2.26. The molecule has 1 fully saturated rings. The van der Waals surface area contributed by atoms with Crippen LogP contribution in [0.1, 0.15) is 23.2 Å². The van der Waals surface area contributed by atoms with Crippen LogP contribution in [0.15, 0.2) is 42.5 Å². The lowest BCUT2D eigenvalue weighted by atomic mass is 10.1. The molecule has 23 heavy (non-hydrogen) atoms. The van der Waals surface area contributed by atoms with Crippen LogP contribution in [0.3, 0.4) is 0 Å². The number of carbonyl (C=O) groups excluding carboxylic acids is 2. The van der Waals surface area contributed by atoms with Crippen molar-refractivity contribution in [3.8, 4) is 0 Å². The molecule has 0 saturated carbocycles. The molecule has 1 aliphatic heterocycles. The average molecular weight is 320 g/mol. The van der Waals surface area contributed by atoms with Crippen molar-refractivity contribution in [2.45, 2.75) is 31.2 Å². The Hall–Kier alpha value is -2.18. The van der Waals surface area contributed by atoms with Gasteiger partial charge in [-0.3, -0.25) is 0 Å². The van der Waals surface area contributed by atoms with E-state index in [1.54, 1.807) is 36.4 Å². The Morgan fingerprint density at radius 1 is 1.35 bits per heavy atom. The minimum absolute atomic E-state index is 0.250. The zero-order valence-corrected chi connectivity index (χ0v) is 12.9. The number of aliphatic hydroxyl groups excluding tert-OH is 1. The van der Waals surface area contributed by atoms with Crippen molar-refractivity contribution >= 4 is 11.9 Å². The van der Waals surface area contributed by atoms with Crippen molar-refractivity contribution in [3.63, 3.8) is 0 Å². The summed E-state index contributed by atoms with van der Waals surface area (Å²) in [5.74, 6) is -0.942. The van der Waals surface area contributed by atoms with Gasteiger partial charge in [0.05, 0.1) is 31.5 Å². The van der Waals surface area contributed by atoms with Gasteiger partial charge < -0.3 is 19.3 Å². The summed E-state index contributed by atoms with van der Waals surface area (Å²) in [5.41, 5.74) is 0.514. The number of aliphatic hydroxyl groups is 1. The lowest BCUT2D eigenvalue weighted by Gasteiger charge is -2.10. The number of ether oxygens (including phenoxy) is 3. The largest absolute Gasteiger partial charge is 0.467 e. The Morgan fingerprint density at radius 2 is 2.09 bits per heavy atom. The van der Waals surface area contributed by atoms with Gasteiger partial charge in [-0.05, 0) is 18.6 Å². The van der Waals surface area contributed by atoms with E-state index in [9.17, 15) is 14.7 Å². The highest BCUT2D eigenvalue weighted by molar-refractivity contribution is 5.89. The second-order valence-corrected chi connectivity index (χ2v) is 5.14. The molecule has 0 spiro atoms. The van der Waals surface area contributed by atoms with Gasteiger partial charge in [-0.2, -0.15) is 0 Å². The highest BCUT2D eigenvalue weighted by Crippen LogP contribution is 2.22. The first kappa shape index (κ1) is 17.2. The number of carbonyl (C=O) groups is 2. The molecule has 0 bridgehead atoms. The molecule has 0 aromatic heterocycles. The van der Waals surface area contributed by atoms with Gasteiger partial charge in [0.25, 0.3) is 0 Å². The van der Waals surface area contributed by atoms with Crippen LogP contribution in [0.4, 0.5) is 0 Å². The molecule has 1 heterocycles. The van der Waals surface area contributed by atoms with Gasteiger partial charge in [0, 0.05) is 6.42 Å². The molecule has 0 amide bonds. The van der Waals surface area contributed by atoms with Gasteiger partial charge in [0.1, 0.15) is 0 Å². The van der Waals surface area contributed by atoms with Gasteiger partial charge in [-0.15, -0.1) is 0 Å². The van der Waals surface area contributed by atoms with E-state index in [0.29, 0.717) is 18.4 Å². The fraction of sp³-hybridized carbons (Fsp3) is 0.412. The molecular formula is C17H20O6. The molecule has 1 aliphatic rings. The third-order valence-corrected chi connectivity index (χ3v) is 3.46. The second kappa shape index (κ2) is 8.45. The van der Waals surface area contributed by atoms with Gasteiger partial charge in [0.15, 0.2) is 6.10 Å². The van der Waals surface area contributed by atoms with Gasteiger partial charge in [-0.1, -0.05) is 30.4 Å². The molecule has 1 aromatic rings. The smallest absolute Gasteiger partial charge is 0.338 e. The van der Waals surface area contributed by atoms with Crippen LogP contribution in [0.25, 0.3) is 0 Å². The SMILES string of the molecule is COC(=O)[C@H]1O[C@H](/C=C/CCOC(=O)c2ccccc2)C[C@@H]1O. The second-order valence-electron chi connectivity index (χ2n) is 5.14. The predicted octanol–water partition coefficient (Wildman–Crippen LogP) is 1.48. The number of methoxy groups -OCH3 is 1. The summed E-state index contributed by atoms with van der Waals surface area (Å²) in [6.45, 7) is 0.250. The summed E-state index contributed by atoms with van der Waals surface area (Å²) >= 11 is 0. The lowest BCUT2D eigenvalue weighted by Crippen LogP contribution is -2.31. The number of benzene rings is 1. The van der Waals surface area contributed by atoms with E-state index in [1.807, 2.05) is 6.07 Å². The first-order valence-electron chi connectivity index (χ1n) is 7.42. The van der Waals surface area contributed by atoms with Crippen molar-refractivity contribution in [2.24, 2.45) is 0 Å². The first-order valence-corrected chi connectivity index (χ1v) is 7.42. The zero-order chi connectivity index (χ0) is 16.7. The Balaban J connectivity index is 1.69. The van der Waals surface area contributed by atoms with E-state index in [1.165, 1.54) is 7.11 Å². The number of hydrogen-bond donors (Lipinski definition) is 1. The molecular weight excluding hydrogens is 300 g/mol. The van der Waals surface area contributed by atoms with Gasteiger partial charge in [0.2, 0.25) is 0 Å². The molecule has 0 radical (unpaired) electrons. The van der Waals surface area contributed by atoms with Gasteiger partial charge >= 0.3 is 11.9 Å². The fourth-order valence-electron chi connectivity index (χ4n) is 2.27. The summed E-state index contributed by atoms with van der Waals surface area (Å²) in [6, 6.07) is 8.77. The van der Waals surface area contributed by atoms with E-state index in [4.69, 9.17) is 9.47 Å². The molecule has 0 unspecified atom stereocenters. The fourth-order valence-corrected chi connectivity index (χ4v) is 2.27. The van der Waals surface area contributed by atoms with Crippen molar-refractivity contribution in [1.29, 1.82) is 0 Å². The number of rotatable bonds is 6. The highest BCUT2D eigenvalue weighted by atomic mass is 16.6. The monoisotopic (exact) mass is 320 g/mol. The number of hydrogen-bond acceptors (Lipinski definition) is 6. The maximum atomic E-state index is 11.7. The van der Waals surface area contributed by atoms with Crippen LogP contribution in [0, 0.1) is 0 Å². The molecule has 1 saturated heterocycles. The van der Waals surface area contributed by atoms with E-state index in [2.05, 4.69) is 4.74 Å². The van der Waals surface area contributed by atoms with E-state index >= 15 is 0 Å². The van der Waals surface area contributed by atoms with Crippen molar-refractivity contribution in [1.82, 2.24) is 0 Å². The average Bonchev–Trinajstić information content (AvgIpc) is 2.95. The quantitative estimate of drug-likeness (QED) is 0.486. The molecule has 1 aromatic carbocycles. The highest BCUT2D eigenvalue weighted by Gasteiger charge is 2.38. The minimum atomic E-state index is -0.939. The van der Waals surface area contributed by atoms with Crippen LogP contribution in [0.5, 0.6) is 0 Å². The summed E-state index contributed by atoms with van der Waals surface area (Å²) < 4.78 is 15.1.